The Balaban J connectivity index is 2.02. The van der Waals surface area contributed by atoms with Gasteiger partial charge in [0.1, 0.15) is 0 Å². The van der Waals surface area contributed by atoms with Crippen molar-refractivity contribution in [2.45, 2.75) is 24.4 Å². The van der Waals surface area contributed by atoms with Crippen LogP contribution in [0.4, 0.5) is 0 Å². The lowest BCUT2D eigenvalue weighted by atomic mass is 10.1. The largest absolute Gasteiger partial charge is 0.306 e. The first kappa shape index (κ1) is 16.2. The number of hydrogen-bond acceptors (Lipinski definition) is 3. The van der Waals surface area contributed by atoms with E-state index < -0.39 is 10.0 Å². The van der Waals surface area contributed by atoms with Gasteiger partial charge in [0.25, 0.3) is 0 Å². The van der Waals surface area contributed by atoms with Crippen LogP contribution in [0.25, 0.3) is 0 Å². The van der Waals surface area contributed by atoms with Crippen LogP contribution in [-0.4, -0.2) is 8.42 Å². The Morgan fingerprint density at radius 3 is 2.43 bits per heavy atom. The van der Waals surface area contributed by atoms with Crippen molar-refractivity contribution in [3.8, 4) is 0 Å². The smallest absolute Gasteiger partial charge is 0.238 e. The van der Waals surface area contributed by atoms with Gasteiger partial charge in [-0.2, -0.15) is 0 Å². The van der Waals surface area contributed by atoms with Gasteiger partial charge in [-0.15, -0.1) is 0 Å². The van der Waals surface area contributed by atoms with E-state index in [2.05, 4.69) is 33.4 Å². The molecule has 2 aromatic carbocycles. The van der Waals surface area contributed by atoms with E-state index in [4.69, 9.17) is 5.14 Å². The number of sulfonamides is 1. The summed E-state index contributed by atoms with van der Waals surface area (Å²) < 4.78 is 23.5. The van der Waals surface area contributed by atoms with E-state index in [1.807, 2.05) is 19.1 Å². The lowest BCUT2D eigenvalue weighted by Gasteiger charge is -2.15. The van der Waals surface area contributed by atoms with Crippen LogP contribution in [0.1, 0.15) is 24.1 Å². The van der Waals surface area contributed by atoms with Crippen LogP contribution in [0, 0.1) is 0 Å². The van der Waals surface area contributed by atoms with Gasteiger partial charge in [0.05, 0.1) is 4.90 Å². The van der Waals surface area contributed by atoms with Gasteiger partial charge in [-0.3, -0.25) is 0 Å². The third kappa shape index (κ3) is 4.64. The average molecular weight is 369 g/mol. The van der Waals surface area contributed by atoms with Crippen molar-refractivity contribution in [2.75, 3.05) is 0 Å². The van der Waals surface area contributed by atoms with Gasteiger partial charge in [0.15, 0.2) is 0 Å². The fourth-order valence-corrected chi connectivity index (χ4v) is 2.94. The molecule has 0 aliphatic rings. The summed E-state index contributed by atoms with van der Waals surface area (Å²) in [5, 5.41) is 8.48. The number of rotatable bonds is 5. The molecule has 1 atom stereocenters. The van der Waals surface area contributed by atoms with Crippen molar-refractivity contribution < 1.29 is 8.42 Å². The van der Waals surface area contributed by atoms with Crippen molar-refractivity contribution >= 4 is 26.0 Å². The highest BCUT2D eigenvalue weighted by atomic mass is 79.9. The predicted molar refractivity (Wildman–Crippen MR) is 87.2 cm³/mol. The van der Waals surface area contributed by atoms with E-state index in [-0.39, 0.29) is 10.9 Å². The van der Waals surface area contributed by atoms with Crippen LogP contribution in [0.15, 0.2) is 57.9 Å². The molecule has 0 amide bonds. The van der Waals surface area contributed by atoms with E-state index >= 15 is 0 Å². The van der Waals surface area contributed by atoms with Crippen LogP contribution >= 0.6 is 15.9 Å². The van der Waals surface area contributed by atoms with E-state index in [9.17, 15) is 8.42 Å². The average Bonchev–Trinajstić information content (AvgIpc) is 2.44. The van der Waals surface area contributed by atoms with E-state index in [0.717, 1.165) is 16.6 Å². The second kappa shape index (κ2) is 6.70. The lowest BCUT2D eigenvalue weighted by Crippen LogP contribution is -2.18. The number of nitrogens with one attached hydrogen (secondary N) is 1. The summed E-state index contributed by atoms with van der Waals surface area (Å²) in [6.45, 7) is 2.77. The molecule has 3 N–H and O–H groups in total. The maximum absolute atomic E-state index is 11.2. The summed E-state index contributed by atoms with van der Waals surface area (Å²) in [5.41, 5.74) is 2.19. The summed E-state index contributed by atoms with van der Waals surface area (Å²) in [6.07, 6.45) is 0. The van der Waals surface area contributed by atoms with E-state index in [1.165, 1.54) is 17.7 Å². The molecule has 0 aliphatic carbocycles. The van der Waals surface area contributed by atoms with Crippen molar-refractivity contribution in [1.29, 1.82) is 0 Å². The number of halogens is 1. The van der Waals surface area contributed by atoms with Crippen LogP contribution in [0.3, 0.4) is 0 Å². The first-order chi connectivity index (χ1) is 9.86. The Morgan fingerprint density at radius 1 is 1.19 bits per heavy atom. The maximum atomic E-state index is 11.2. The fraction of sp³-hybridized carbons (Fsp3) is 0.200. The monoisotopic (exact) mass is 368 g/mol. The Labute approximate surface area is 133 Å². The van der Waals surface area contributed by atoms with Crippen LogP contribution < -0.4 is 10.5 Å². The minimum absolute atomic E-state index is 0.110. The molecule has 0 saturated carbocycles. The quantitative estimate of drug-likeness (QED) is 0.851. The number of benzene rings is 2. The highest BCUT2D eigenvalue weighted by Gasteiger charge is 2.09. The Morgan fingerprint density at radius 2 is 1.86 bits per heavy atom. The molecule has 21 heavy (non-hydrogen) atoms. The molecule has 2 rings (SSSR count). The van der Waals surface area contributed by atoms with E-state index in [1.54, 1.807) is 12.1 Å². The molecule has 2 aromatic rings. The molecule has 0 bridgehead atoms. The third-order valence-electron chi connectivity index (χ3n) is 3.21. The summed E-state index contributed by atoms with van der Waals surface area (Å²) >= 11 is 3.44. The second-order valence-corrected chi connectivity index (χ2v) is 7.32. The normalized spacial score (nSPS) is 13.1. The highest BCUT2D eigenvalue weighted by molar-refractivity contribution is 9.10. The van der Waals surface area contributed by atoms with Gasteiger partial charge >= 0.3 is 0 Å². The van der Waals surface area contributed by atoms with Gasteiger partial charge in [-0.1, -0.05) is 40.2 Å². The van der Waals surface area contributed by atoms with Crippen molar-refractivity contribution in [3.05, 3.63) is 64.1 Å². The van der Waals surface area contributed by atoms with Gasteiger partial charge in [0, 0.05) is 17.1 Å². The zero-order chi connectivity index (χ0) is 15.5. The molecule has 0 heterocycles. The zero-order valence-electron chi connectivity index (χ0n) is 11.6. The molecule has 1 unspecified atom stereocenters. The molecule has 6 heteroatoms. The Hall–Kier alpha value is -1.21. The molecule has 0 radical (unpaired) electrons. The maximum Gasteiger partial charge on any atom is 0.238 e. The van der Waals surface area contributed by atoms with Gasteiger partial charge in [-0.05, 0) is 42.3 Å². The standard InChI is InChI=1S/C15H17BrN2O2S/c1-11(18-10-12-3-2-4-14(16)9-12)13-5-7-15(8-6-13)21(17,19)20/h2-9,11,18H,10H2,1H3,(H2,17,19,20). The first-order valence-electron chi connectivity index (χ1n) is 6.47. The summed E-state index contributed by atoms with van der Waals surface area (Å²) in [6, 6.07) is 14.8. The van der Waals surface area contributed by atoms with Gasteiger partial charge < -0.3 is 5.32 Å². The minimum atomic E-state index is -3.63. The van der Waals surface area contributed by atoms with Crippen LogP contribution in [-0.2, 0) is 16.6 Å². The van der Waals surface area contributed by atoms with Gasteiger partial charge in [0.2, 0.25) is 10.0 Å². The Bertz CT molecular complexity index is 715. The molecular weight excluding hydrogens is 352 g/mol. The lowest BCUT2D eigenvalue weighted by molar-refractivity contribution is 0.573. The zero-order valence-corrected chi connectivity index (χ0v) is 14.0. The number of hydrogen-bond donors (Lipinski definition) is 2. The minimum Gasteiger partial charge on any atom is -0.306 e. The molecule has 0 spiro atoms. The predicted octanol–water partition coefficient (Wildman–Crippen LogP) is 2.95. The molecule has 4 nitrogen and oxygen atoms in total. The Kier molecular flexibility index (Phi) is 5.16. The van der Waals surface area contributed by atoms with E-state index in [0.29, 0.717) is 0 Å². The van der Waals surface area contributed by atoms with Crippen LogP contribution in [0.2, 0.25) is 0 Å². The van der Waals surface area contributed by atoms with Gasteiger partial charge in [-0.25, -0.2) is 13.6 Å². The highest BCUT2D eigenvalue weighted by Crippen LogP contribution is 2.17. The molecule has 112 valence electrons. The number of primary sulfonamides is 1. The second-order valence-electron chi connectivity index (χ2n) is 4.85. The topological polar surface area (TPSA) is 72.2 Å². The fourth-order valence-electron chi connectivity index (χ4n) is 1.98. The van der Waals surface area contributed by atoms with Crippen molar-refractivity contribution in [2.24, 2.45) is 5.14 Å². The molecular formula is C15H17BrN2O2S. The summed E-state index contributed by atoms with van der Waals surface area (Å²) in [7, 11) is -3.63. The third-order valence-corrected chi connectivity index (χ3v) is 4.63. The SMILES string of the molecule is CC(NCc1cccc(Br)c1)c1ccc(S(N)(=O)=O)cc1. The summed E-state index contributed by atoms with van der Waals surface area (Å²) in [4.78, 5) is 0.130. The number of nitrogens with two attached hydrogens (primary N) is 1. The first-order valence-corrected chi connectivity index (χ1v) is 8.81. The molecule has 0 fully saturated rings. The van der Waals surface area contributed by atoms with Crippen LogP contribution in [0.5, 0.6) is 0 Å². The molecule has 0 saturated heterocycles. The van der Waals surface area contributed by atoms with Crippen molar-refractivity contribution in [3.63, 3.8) is 0 Å². The summed E-state index contributed by atoms with van der Waals surface area (Å²) in [5.74, 6) is 0. The van der Waals surface area contributed by atoms with Crippen molar-refractivity contribution in [1.82, 2.24) is 5.32 Å². The molecule has 0 aliphatic heterocycles. The molecule has 0 aromatic heterocycles.